The highest BCUT2D eigenvalue weighted by molar-refractivity contribution is 5.78. The van der Waals surface area contributed by atoms with Gasteiger partial charge < -0.3 is 19.4 Å². The molecule has 1 N–H and O–H groups in total. The number of hydrogen-bond donors (Lipinski definition) is 1. The zero-order valence-electron chi connectivity index (χ0n) is 20.9. The minimum Gasteiger partial charge on any atom is -0.493 e. The van der Waals surface area contributed by atoms with E-state index in [1.807, 2.05) is 50.2 Å². The predicted molar refractivity (Wildman–Crippen MR) is 139 cm³/mol. The number of hydrogen-bond acceptors (Lipinski definition) is 4. The van der Waals surface area contributed by atoms with Crippen molar-refractivity contribution >= 4 is 16.9 Å². The number of aromatic nitrogens is 2. The van der Waals surface area contributed by atoms with E-state index in [9.17, 15) is 4.79 Å². The summed E-state index contributed by atoms with van der Waals surface area (Å²) in [4.78, 5) is 17.3. The van der Waals surface area contributed by atoms with Crippen molar-refractivity contribution in [2.75, 3.05) is 13.2 Å². The molecule has 1 aromatic heterocycles. The van der Waals surface area contributed by atoms with Gasteiger partial charge in [0.05, 0.1) is 24.2 Å². The van der Waals surface area contributed by atoms with Crippen LogP contribution in [0.25, 0.3) is 11.0 Å². The van der Waals surface area contributed by atoms with E-state index in [4.69, 9.17) is 14.5 Å². The second kappa shape index (κ2) is 11.1. The van der Waals surface area contributed by atoms with Gasteiger partial charge in [-0.1, -0.05) is 36.4 Å². The fourth-order valence-electron chi connectivity index (χ4n) is 4.01. The second-order valence-corrected chi connectivity index (χ2v) is 8.97. The molecular formula is C29H33N3O3. The summed E-state index contributed by atoms with van der Waals surface area (Å²) in [6, 6.07) is 20.3. The van der Waals surface area contributed by atoms with E-state index in [0.717, 1.165) is 58.0 Å². The van der Waals surface area contributed by atoms with Crippen molar-refractivity contribution in [1.82, 2.24) is 14.9 Å². The summed E-state index contributed by atoms with van der Waals surface area (Å²) in [7, 11) is 0. The SMILES string of the molecule is Cc1ccc(C)c(OCCCn2c(CNC(=O)COc3cc(C)ccc3C)nc3ccccc32)c1. The Hall–Kier alpha value is -3.80. The molecule has 0 fully saturated rings. The summed E-state index contributed by atoms with van der Waals surface area (Å²) >= 11 is 0. The highest BCUT2D eigenvalue weighted by Gasteiger charge is 2.12. The molecule has 0 saturated heterocycles. The highest BCUT2D eigenvalue weighted by Crippen LogP contribution is 2.21. The Balaban J connectivity index is 1.36. The molecule has 1 amide bonds. The minimum atomic E-state index is -0.178. The Labute approximate surface area is 206 Å². The van der Waals surface area contributed by atoms with Crippen LogP contribution in [0.15, 0.2) is 60.7 Å². The van der Waals surface area contributed by atoms with E-state index in [0.29, 0.717) is 13.2 Å². The summed E-state index contributed by atoms with van der Waals surface area (Å²) < 4.78 is 13.9. The molecule has 0 spiro atoms. The van der Waals surface area contributed by atoms with Crippen LogP contribution in [0.5, 0.6) is 11.5 Å². The summed E-state index contributed by atoms with van der Waals surface area (Å²) in [5.41, 5.74) is 6.39. The van der Waals surface area contributed by atoms with Crippen molar-refractivity contribution in [1.29, 1.82) is 0 Å². The summed E-state index contributed by atoms with van der Waals surface area (Å²) in [5.74, 6) is 2.30. The van der Waals surface area contributed by atoms with Crippen LogP contribution >= 0.6 is 0 Å². The van der Waals surface area contributed by atoms with Crippen LogP contribution in [-0.4, -0.2) is 28.7 Å². The smallest absolute Gasteiger partial charge is 0.258 e. The van der Waals surface area contributed by atoms with Gasteiger partial charge in [0.1, 0.15) is 17.3 Å². The number of carbonyl (C=O) groups excluding carboxylic acids is 1. The topological polar surface area (TPSA) is 65.4 Å². The van der Waals surface area contributed by atoms with Gasteiger partial charge in [-0.05, 0) is 80.6 Å². The number of fused-ring (bicyclic) bond motifs is 1. The van der Waals surface area contributed by atoms with Crippen molar-refractivity contribution in [3.8, 4) is 11.5 Å². The molecule has 4 aromatic rings. The first-order valence-electron chi connectivity index (χ1n) is 12.0. The van der Waals surface area contributed by atoms with Crippen LogP contribution in [0, 0.1) is 27.7 Å². The molecule has 0 bridgehead atoms. The lowest BCUT2D eigenvalue weighted by molar-refractivity contribution is -0.123. The van der Waals surface area contributed by atoms with Gasteiger partial charge in [0.2, 0.25) is 0 Å². The van der Waals surface area contributed by atoms with Gasteiger partial charge in [-0.2, -0.15) is 0 Å². The van der Waals surface area contributed by atoms with E-state index < -0.39 is 0 Å². The molecule has 0 radical (unpaired) electrons. The number of imidazole rings is 1. The van der Waals surface area contributed by atoms with Gasteiger partial charge in [-0.3, -0.25) is 4.79 Å². The average molecular weight is 472 g/mol. The Morgan fingerprint density at radius 3 is 2.26 bits per heavy atom. The maximum Gasteiger partial charge on any atom is 0.258 e. The molecule has 0 aliphatic heterocycles. The van der Waals surface area contributed by atoms with Crippen LogP contribution in [0.1, 0.15) is 34.5 Å². The lowest BCUT2D eigenvalue weighted by Crippen LogP contribution is -2.29. The molecule has 4 rings (SSSR count). The molecule has 6 heteroatoms. The number of nitrogens with zero attached hydrogens (tertiary/aromatic N) is 2. The van der Waals surface area contributed by atoms with E-state index in [1.54, 1.807) is 0 Å². The fraction of sp³-hybridized carbons (Fsp3) is 0.310. The lowest BCUT2D eigenvalue weighted by atomic mass is 10.1. The van der Waals surface area contributed by atoms with Crippen LogP contribution in [-0.2, 0) is 17.9 Å². The number of nitrogens with one attached hydrogen (secondary N) is 1. The summed E-state index contributed by atoms with van der Waals surface area (Å²) in [6.45, 7) is 9.75. The number of carbonyl (C=O) groups is 1. The molecule has 0 aliphatic carbocycles. The van der Waals surface area contributed by atoms with Crippen molar-refractivity contribution in [3.05, 3.63) is 88.7 Å². The third-order valence-electron chi connectivity index (χ3n) is 6.01. The third-order valence-corrected chi connectivity index (χ3v) is 6.01. The van der Waals surface area contributed by atoms with E-state index in [-0.39, 0.29) is 12.5 Å². The van der Waals surface area contributed by atoms with Gasteiger partial charge in [-0.15, -0.1) is 0 Å². The Kier molecular flexibility index (Phi) is 7.70. The van der Waals surface area contributed by atoms with Crippen molar-refractivity contribution in [2.45, 2.75) is 47.2 Å². The van der Waals surface area contributed by atoms with Gasteiger partial charge >= 0.3 is 0 Å². The van der Waals surface area contributed by atoms with E-state index >= 15 is 0 Å². The molecule has 0 unspecified atom stereocenters. The van der Waals surface area contributed by atoms with Crippen LogP contribution < -0.4 is 14.8 Å². The summed E-state index contributed by atoms with van der Waals surface area (Å²) in [5, 5.41) is 2.96. The maximum absolute atomic E-state index is 12.5. The molecule has 0 atom stereocenters. The first-order valence-corrected chi connectivity index (χ1v) is 12.0. The Morgan fingerprint density at radius 1 is 0.886 bits per heavy atom. The van der Waals surface area contributed by atoms with Crippen molar-refractivity contribution < 1.29 is 14.3 Å². The quantitative estimate of drug-likeness (QED) is 0.313. The second-order valence-electron chi connectivity index (χ2n) is 8.97. The van der Waals surface area contributed by atoms with Gasteiger partial charge in [0, 0.05) is 6.54 Å². The highest BCUT2D eigenvalue weighted by atomic mass is 16.5. The molecular weight excluding hydrogens is 438 g/mol. The molecule has 6 nitrogen and oxygen atoms in total. The number of amides is 1. The maximum atomic E-state index is 12.5. The third kappa shape index (κ3) is 6.21. The van der Waals surface area contributed by atoms with Crippen molar-refractivity contribution in [3.63, 3.8) is 0 Å². The zero-order chi connectivity index (χ0) is 24.8. The standard InChI is InChI=1S/C29H33N3O3/c1-20-10-12-22(3)26(16-20)34-15-7-14-32-25-9-6-5-8-24(25)31-28(32)18-30-29(33)19-35-27-17-21(2)11-13-23(27)4/h5-6,8-13,16-17H,7,14-15,18-19H2,1-4H3,(H,30,33). The number of rotatable bonds is 10. The van der Waals surface area contributed by atoms with E-state index in [2.05, 4.69) is 48.0 Å². The Bertz CT molecular complexity index is 1330. The molecule has 1 heterocycles. The average Bonchev–Trinajstić information content (AvgIpc) is 3.20. The first kappa shape index (κ1) is 24.3. The number of aryl methyl sites for hydroxylation is 5. The van der Waals surface area contributed by atoms with Crippen LogP contribution in [0.4, 0.5) is 0 Å². The van der Waals surface area contributed by atoms with Gasteiger partial charge in [0.15, 0.2) is 6.61 Å². The number of ether oxygens (including phenoxy) is 2. The van der Waals surface area contributed by atoms with Crippen LogP contribution in [0.3, 0.4) is 0 Å². The number of benzene rings is 3. The minimum absolute atomic E-state index is 0.0335. The summed E-state index contributed by atoms with van der Waals surface area (Å²) in [6.07, 6.45) is 0.824. The van der Waals surface area contributed by atoms with E-state index in [1.165, 1.54) is 5.56 Å². The normalized spacial score (nSPS) is 11.0. The molecule has 0 aliphatic rings. The molecule has 182 valence electrons. The lowest BCUT2D eigenvalue weighted by Gasteiger charge is -2.13. The Morgan fingerprint density at radius 2 is 1.54 bits per heavy atom. The number of para-hydroxylation sites is 2. The zero-order valence-corrected chi connectivity index (χ0v) is 20.9. The fourth-order valence-corrected chi connectivity index (χ4v) is 4.01. The van der Waals surface area contributed by atoms with Gasteiger partial charge in [0.25, 0.3) is 5.91 Å². The molecule has 3 aromatic carbocycles. The van der Waals surface area contributed by atoms with Gasteiger partial charge in [-0.25, -0.2) is 4.98 Å². The largest absolute Gasteiger partial charge is 0.493 e. The molecule has 0 saturated carbocycles. The molecule has 35 heavy (non-hydrogen) atoms. The monoisotopic (exact) mass is 471 g/mol. The predicted octanol–water partition coefficient (Wildman–Crippen LogP) is 5.43. The van der Waals surface area contributed by atoms with Crippen LogP contribution in [0.2, 0.25) is 0 Å². The first-order chi connectivity index (χ1) is 16.9. The van der Waals surface area contributed by atoms with Crippen molar-refractivity contribution in [2.24, 2.45) is 0 Å².